The molecule has 1 aromatic rings. The lowest BCUT2D eigenvalue weighted by atomic mass is 9.96. The summed E-state index contributed by atoms with van der Waals surface area (Å²) in [5.41, 5.74) is -0.518. The summed E-state index contributed by atoms with van der Waals surface area (Å²) in [6, 6.07) is 4.52. The van der Waals surface area contributed by atoms with Gasteiger partial charge in [0.2, 0.25) is 5.91 Å². The van der Waals surface area contributed by atoms with E-state index in [-0.39, 0.29) is 17.9 Å². The van der Waals surface area contributed by atoms with Gasteiger partial charge in [-0.15, -0.1) is 0 Å². The largest absolute Gasteiger partial charge is 0.465 e. The van der Waals surface area contributed by atoms with Crippen LogP contribution in [0.15, 0.2) is 24.3 Å². The first-order valence-electron chi connectivity index (χ1n) is 12.0. The first-order chi connectivity index (χ1) is 15.8. The van der Waals surface area contributed by atoms with E-state index in [1.165, 1.54) is 17.0 Å². The smallest absolute Gasteiger partial charge is 0.416 e. The average Bonchev–Trinajstić information content (AvgIpc) is 3.27. The lowest BCUT2D eigenvalue weighted by Gasteiger charge is -2.39. The van der Waals surface area contributed by atoms with E-state index in [0.29, 0.717) is 25.3 Å². The molecule has 3 rings (SSSR count). The molecule has 1 unspecified atom stereocenters. The quantitative estimate of drug-likeness (QED) is 0.574. The van der Waals surface area contributed by atoms with Gasteiger partial charge < -0.3 is 10.4 Å². The van der Waals surface area contributed by atoms with E-state index in [2.05, 4.69) is 10.2 Å². The van der Waals surface area contributed by atoms with Crippen molar-refractivity contribution < 1.29 is 27.9 Å². The van der Waals surface area contributed by atoms with Gasteiger partial charge in [0.1, 0.15) is 6.04 Å². The standard InChI is InChI=1S/C25H36F3N3O3/c1-5-6-21(31(23(33)34)24(2,3)4)22(32)29-20-12-9-17-14-30(15-19(17)20)13-16-7-10-18(11-8-16)25(26,27)28/h7-8,10-11,17,19-21H,5-6,9,12-15H2,1-4H3,(H,29,32)(H,33,34)/t17-,19+,20+,21?/m1/s1. The number of carbonyl (C=O) groups excluding carboxylic acids is 1. The van der Waals surface area contributed by atoms with Crippen molar-refractivity contribution in [3.8, 4) is 0 Å². The van der Waals surface area contributed by atoms with E-state index in [1.807, 2.05) is 6.92 Å². The lowest BCUT2D eigenvalue weighted by Crippen LogP contribution is -2.58. The molecule has 190 valence electrons. The molecule has 2 N–H and O–H groups in total. The van der Waals surface area contributed by atoms with Gasteiger partial charge in [0.15, 0.2) is 0 Å². The zero-order valence-corrected chi connectivity index (χ0v) is 20.4. The summed E-state index contributed by atoms with van der Waals surface area (Å²) in [5, 5.41) is 12.9. The third-order valence-corrected chi connectivity index (χ3v) is 7.05. The number of hydrogen-bond donors (Lipinski definition) is 2. The number of rotatable bonds is 7. The van der Waals surface area contributed by atoms with Crippen molar-refractivity contribution in [2.75, 3.05) is 13.1 Å². The van der Waals surface area contributed by atoms with E-state index in [9.17, 15) is 27.9 Å². The number of benzene rings is 1. The van der Waals surface area contributed by atoms with Crippen LogP contribution in [0.4, 0.5) is 18.0 Å². The molecule has 0 spiro atoms. The Bertz CT molecular complexity index is 867. The predicted molar refractivity (Wildman–Crippen MR) is 123 cm³/mol. The second-order valence-electron chi connectivity index (χ2n) is 10.6. The number of alkyl halides is 3. The molecular weight excluding hydrogens is 447 g/mol. The van der Waals surface area contributed by atoms with E-state index in [0.717, 1.165) is 43.6 Å². The van der Waals surface area contributed by atoms with Crippen LogP contribution in [-0.4, -0.2) is 57.6 Å². The molecular formula is C25H36F3N3O3. The van der Waals surface area contributed by atoms with Crippen molar-refractivity contribution in [2.24, 2.45) is 11.8 Å². The molecule has 34 heavy (non-hydrogen) atoms. The highest BCUT2D eigenvalue weighted by Gasteiger charge is 2.45. The van der Waals surface area contributed by atoms with E-state index >= 15 is 0 Å². The highest BCUT2D eigenvalue weighted by molar-refractivity contribution is 5.86. The topological polar surface area (TPSA) is 72.9 Å². The monoisotopic (exact) mass is 483 g/mol. The van der Waals surface area contributed by atoms with Gasteiger partial charge in [-0.1, -0.05) is 25.5 Å². The molecule has 1 aliphatic heterocycles. The van der Waals surface area contributed by atoms with Gasteiger partial charge in [-0.2, -0.15) is 13.2 Å². The average molecular weight is 484 g/mol. The third-order valence-electron chi connectivity index (χ3n) is 7.05. The molecule has 1 aliphatic carbocycles. The first kappa shape index (κ1) is 26.3. The molecule has 2 aliphatic rings. The molecule has 1 saturated heterocycles. The Balaban J connectivity index is 1.63. The van der Waals surface area contributed by atoms with Crippen molar-refractivity contribution in [3.05, 3.63) is 35.4 Å². The van der Waals surface area contributed by atoms with Gasteiger partial charge in [0.05, 0.1) is 5.56 Å². The number of nitrogens with one attached hydrogen (secondary N) is 1. The summed E-state index contributed by atoms with van der Waals surface area (Å²) >= 11 is 0. The number of carbonyl (C=O) groups is 2. The second kappa shape index (κ2) is 10.1. The van der Waals surface area contributed by atoms with Crippen molar-refractivity contribution in [2.45, 2.75) is 83.7 Å². The minimum Gasteiger partial charge on any atom is -0.465 e. The number of halogens is 3. The maximum absolute atomic E-state index is 13.2. The maximum Gasteiger partial charge on any atom is 0.416 e. The SMILES string of the molecule is CCCC(C(=O)N[C@H]1CC[C@@H]2CN(Cc3ccc(C(F)(F)F)cc3)C[C@@H]21)N(C(=O)O)C(C)(C)C. The normalized spacial score (nSPS) is 24.0. The number of carboxylic acid groups (broad SMARTS) is 1. The zero-order valence-electron chi connectivity index (χ0n) is 20.4. The van der Waals surface area contributed by atoms with Crippen LogP contribution in [0.5, 0.6) is 0 Å². The molecule has 1 saturated carbocycles. The summed E-state index contributed by atoms with van der Waals surface area (Å²) in [7, 11) is 0. The van der Waals surface area contributed by atoms with Crippen LogP contribution >= 0.6 is 0 Å². The number of likely N-dealkylation sites (tertiary alicyclic amines) is 1. The summed E-state index contributed by atoms with van der Waals surface area (Å²) < 4.78 is 38.4. The fraction of sp³-hybridized carbons (Fsp3) is 0.680. The van der Waals surface area contributed by atoms with Crippen LogP contribution in [0.2, 0.25) is 0 Å². The molecule has 0 aromatic heterocycles. The highest BCUT2D eigenvalue weighted by Crippen LogP contribution is 2.39. The molecule has 0 radical (unpaired) electrons. The van der Waals surface area contributed by atoms with Crippen molar-refractivity contribution in [3.63, 3.8) is 0 Å². The van der Waals surface area contributed by atoms with Crippen molar-refractivity contribution in [1.82, 2.24) is 15.1 Å². The third kappa shape index (κ3) is 6.03. The lowest BCUT2D eigenvalue weighted by molar-refractivity contribution is -0.137. The van der Waals surface area contributed by atoms with E-state index in [4.69, 9.17) is 0 Å². The van der Waals surface area contributed by atoms with Crippen LogP contribution in [0.25, 0.3) is 0 Å². The molecule has 0 bridgehead atoms. The van der Waals surface area contributed by atoms with Gasteiger partial charge in [-0.3, -0.25) is 14.6 Å². The van der Waals surface area contributed by atoms with Crippen molar-refractivity contribution >= 4 is 12.0 Å². The van der Waals surface area contributed by atoms with Crippen LogP contribution in [0.3, 0.4) is 0 Å². The van der Waals surface area contributed by atoms with Gasteiger partial charge in [0, 0.05) is 31.2 Å². The number of nitrogens with zero attached hydrogens (tertiary/aromatic N) is 2. The number of hydrogen-bond acceptors (Lipinski definition) is 3. The fourth-order valence-corrected chi connectivity index (χ4v) is 5.54. The Morgan fingerprint density at radius 2 is 1.79 bits per heavy atom. The molecule has 2 fully saturated rings. The van der Waals surface area contributed by atoms with Gasteiger partial charge in [-0.05, 0) is 69.6 Å². The highest BCUT2D eigenvalue weighted by atomic mass is 19.4. The maximum atomic E-state index is 13.2. The second-order valence-corrected chi connectivity index (χ2v) is 10.6. The van der Waals surface area contributed by atoms with E-state index < -0.39 is 29.4 Å². The molecule has 6 nitrogen and oxygen atoms in total. The van der Waals surface area contributed by atoms with Crippen molar-refractivity contribution in [1.29, 1.82) is 0 Å². The van der Waals surface area contributed by atoms with Crippen LogP contribution in [-0.2, 0) is 17.5 Å². The Labute approximate surface area is 199 Å². The number of fused-ring (bicyclic) bond motifs is 1. The molecule has 2 amide bonds. The minimum atomic E-state index is -4.34. The summed E-state index contributed by atoms with van der Waals surface area (Å²) in [5.74, 6) is 0.433. The molecule has 4 atom stereocenters. The summed E-state index contributed by atoms with van der Waals surface area (Å²) in [6.45, 7) is 9.48. The Kier molecular flexibility index (Phi) is 7.85. The summed E-state index contributed by atoms with van der Waals surface area (Å²) in [4.78, 5) is 28.7. The fourth-order valence-electron chi connectivity index (χ4n) is 5.54. The van der Waals surface area contributed by atoms with E-state index in [1.54, 1.807) is 20.8 Å². The summed E-state index contributed by atoms with van der Waals surface area (Å²) in [6.07, 6.45) is -2.47. The Morgan fingerprint density at radius 1 is 1.15 bits per heavy atom. The van der Waals surface area contributed by atoms with Crippen LogP contribution < -0.4 is 5.32 Å². The molecule has 9 heteroatoms. The first-order valence-corrected chi connectivity index (χ1v) is 12.0. The number of amides is 2. The predicted octanol–water partition coefficient (Wildman–Crippen LogP) is 4.98. The Hall–Kier alpha value is -2.29. The van der Waals surface area contributed by atoms with Crippen LogP contribution in [0.1, 0.15) is 64.5 Å². The minimum absolute atomic E-state index is 0.0231. The van der Waals surface area contributed by atoms with Gasteiger partial charge >= 0.3 is 12.3 Å². The van der Waals surface area contributed by atoms with Gasteiger partial charge in [-0.25, -0.2) is 4.79 Å². The van der Waals surface area contributed by atoms with Crippen LogP contribution in [0, 0.1) is 11.8 Å². The zero-order chi connectivity index (χ0) is 25.3. The Morgan fingerprint density at radius 3 is 2.32 bits per heavy atom. The van der Waals surface area contributed by atoms with Gasteiger partial charge in [0.25, 0.3) is 0 Å². The molecule has 1 aromatic carbocycles. The molecule has 1 heterocycles.